The van der Waals surface area contributed by atoms with Crippen LogP contribution in [0.5, 0.6) is 0 Å². The maximum absolute atomic E-state index is 13.0. The van der Waals surface area contributed by atoms with Crippen LogP contribution in [0.25, 0.3) is 27.9 Å². The molecule has 8 nitrogen and oxygen atoms in total. The summed E-state index contributed by atoms with van der Waals surface area (Å²) in [5, 5.41) is 8.09. The number of nitrogens with one attached hydrogen (secondary N) is 1. The van der Waals surface area contributed by atoms with E-state index < -0.39 is 6.67 Å². The Morgan fingerprint density at radius 2 is 2.00 bits per heavy atom. The van der Waals surface area contributed by atoms with Crippen LogP contribution in [0.2, 0.25) is 0 Å². The first kappa shape index (κ1) is 18.9. The second kappa shape index (κ2) is 7.64. The molecule has 1 aliphatic heterocycles. The Morgan fingerprint density at radius 3 is 2.80 bits per heavy atom. The van der Waals surface area contributed by atoms with Crippen molar-refractivity contribution >= 4 is 22.6 Å². The Balaban J connectivity index is 1.45. The van der Waals surface area contributed by atoms with Gasteiger partial charge in [0.15, 0.2) is 5.65 Å². The lowest BCUT2D eigenvalue weighted by Crippen LogP contribution is -2.37. The van der Waals surface area contributed by atoms with Crippen LogP contribution < -0.4 is 5.32 Å². The maximum Gasteiger partial charge on any atom is 0.241 e. The van der Waals surface area contributed by atoms with Crippen molar-refractivity contribution in [2.45, 2.75) is 32.4 Å². The van der Waals surface area contributed by atoms with Crippen LogP contribution in [0.1, 0.15) is 18.7 Å². The molecule has 0 aliphatic carbocycles. The molecule has 4 aromatic rings. The summed E-state index contributed by atoms with van der Waals surface area (Å²) in [5.74, 6) is 1.40. The number of nitrogens with zero attached hydrogens (tertiary/aromatic N) is 7. The highest BCUT2D eigenvalue weighted by Gasteiger charge is 2.18. The van der Waals surface area contributed by atoms with Gasteiger partial charge in [0, 0.05) is 17.8 Å². The molecule has 30 heavy (non-hydrogen) atoms. The van der Waals surface area contributed by atoms with Crippen molar-refractivity contribution in [2.75, 3.05) is 32.1 Å². The second-order valence-electron chi connectivity index (χ2n) is 7.90. The molecule has 1 saturated heterocycles. The Morgan fingerprint density at radius 1 is 1.17 bits per heavy atom. The van der Waals surface area contributed by atoms with Crippen molar-refractivity contribution in [2.24, 2.45) is 0 Å². The molecule has 0 atom stereocenters. The number of aromatic nitrogens is 6. The van der Waals surface area contributed by atoms with Crippen molar-refractivity contribution in [1.82, 2.24) is 34.0 Å². The van der Waals surface area contributed by atoms with E-state index in [0.717, 1.165) is 54.0 Å². The van der Waals surface area contributed by atoms with Crippen LogP contribution >= 0.6 is 0 Å². The number of fused-ring (bicyclic) bond motifs is 2. The number of rotatable bonds is 5. The first-order valence-corrected chi connectivity index (χ1v) is 10.3. The van der Waals surface area contributed by atoms with Gasteiger partial charge >= 0.3 is 0 Å². The van der Waals surface area contributed by atoms with E-state index in [1.54, 1.807) is 0 Å². The van der Waals surface area contributed by atoms with Gasteiger partial charge in [-0.3, -0.25) is 0 Å². The Kier molecular flexibility index (Phi) is 4.82. The minimum Gasteiger partial charge on any atom is -0.350 e. The molecule has 0 radical (unpaired) electrons. The van der Waals surface area contributed by atoms with E-state index in [-0.39, 0.29) is 6.54 Å². The fourth-order valence-electron chi connectivity index (χ4n) is 4.14. The largest absolute Gasteiger partial charge is 0.350 e. The van der Waals surface area contributed by atoms with E-state index in [9.17, 15) is 4.39 Å². The summed E-state index contributed by atoms with van der Waals surface area (Å²) in [6, 6.07) is 6.26. The Hall–Kier alpha value is -3.07. The van der Waals surface area contributed by atoms with E-state index in [4.69, 9.17) is 4.98 Å². The van der Waals surface area contributed by atoms with Gasteiger partial charge in [0.25, 0.3) is 0 Å². The summed E-state index contributed by atoms with van der Waals surface area (Å²) in [4.78, 5) is 16.1. The van der Waals surface area contributed by atoms with Crippen LogP contribution in [0.3, 0.4) is 0 Å². The minimum absolute atomic E-state index is 0.254. The molecule has 5 heterocycles. The molecule has 1 N–H and O–H groups in total. The number of pyridine rings is 1. The number of aryl methyl sites for hydroxylation is 2. The van der Waals surface area contributed by atoms with E-state index in [0.29, 0.717) is 17.6 Å². The number of anilines is 1. The van der Waals surface area contributed by atoms with E-state index in [2.05, 4.69) is 32.3 Å². The standard InChI is InChI=1S/C21H25FN8/c1-14-24-18-4-3-17(26-20(18)29(14)12-8-22)16-7-11-30-19(16)13-23-21(27-30)25-15-5-9-28(2)10-6-15/h3-4,7,11,13,15H,5-6,8-10,12H2,1-2H3,(H,25,27). The summed E-state index contributed by atoms with van der Waals surface area (Å²) in [6.45, 7) is 3.84. The van der Waals surface area contributed by atoms with E-state index in [1.165, 1.54) is 0 Å². The molecule has 1 fully saturated rings. The highest BCUT2D eigenvalue weighted by atomic mass is 19.1. The number of piperidine rings is 1. The fourth-order valence-corrected chi connectivity index (χ4v) is 4.14. The first-order valence-electron chi connectivity index (χ1n) is 10.3. The van der Waals surface area contributed by atoms with E-state index in [1.807, 2.05) is 46.6 Å². The van der Waals surface area contributed by atoms with Gasteiger partial charge in [-0.2, -0.15) is 0 Å². The highest BCUT2D eigenvalue weighted by Crippen LogP contribution is 2.26. The van der Waals surface area contributed by atoms with Crippen molar-refractivity contribution in [3.05, 3.63) is 36.4 Å². The van der Waals surface area contributed by atoms with Crippen molar-refractivity contribution < 1.29 is 4.39 Å². The lowest BCUT2D eigenvalue weighted by Gasteiger charge is -2.29. The minimum atomic E-state index is -0.450. The SMILES string of the molecule is Cc1nc2ccc(-c3ccn4nc(NC5CCN(C)CC5)ncc34)nc2n1CCF. The first-order chi connectivity index (χ1) is 14.6. The van der Waals surface area contributed by atoms with Crippen molar-refractivity contribution in [3.63, 3.8) is 0 Å². The van der Waals surface area contributed by atoms with Crippen LogP contribution in [0.4, 0.5) is 10.3 Å². The molecule has 0 saturated carbocycles. The monoisotopic (exact) mass is 408 g/mol. The molecular formula is C21H25FN8. The fraction of sp³-hybridized carbons (Fsp3) is 0.429. The van der Waals surface area contributed by atoms with Crippen LogP contribution in [-0.2, 0) is 6.54 Å². The predicted octanol–water partition coefficient (Wildman–Crippen LogP) is 2.93. The van der Waals surface area contributed by atoms with Gasteiger partial charge in [-0.25, -0.2) is 23.9 Å². The van der Waals surface area contributed by atoms with Crippen LogP contribution in [0.15, 0.2) is 30.6 Å². The Bertz CT molecular complexity index is 1190. The molecule has 0 spiro atoms. The zero-order valence-corrected chi connectivity index (χ0v) is 17.2. The summed E-state index contributed by atoms with van der Waals surface area (Å²) < 4.78 is 16.6. The number of hydrogen-bond acceptors (Lipinski definition) is 6. The summed E-state index contributed by atoms with van der Waals surface area (Å²) in [7, 11) is 2.15. The Labute approximate surface area is 173 Å². The number of halogens is 1. The van der Waals surface area contributed by atoms with Crippen LogP contribution in [0, 0.1) is 6.92 Å². The van der Waals surface area contributed by atoms with Gasteiger partial charge < -0.3 is 14.8 Å². The summed E-state index contributed by atoms with van der Waals surface area (Å²) in [5.41, 5.74) is 4.08. The molecule has 9 heteroatoms. The summed E-state index contributed by atoms with van der Waals surface area (Å²) >= 11 is 0. The quantitative estimate of drug-likeness (QED) is 0.547. The summed E-state index contributed by atoms with van der Waals surface area (Å²) in [6.07, 6.45) is 5.92. The molecule has 156 valence electrons. The molecular weight excluding hydrogens is 383 g/mol. The number of imidazole rings is 1. The number of likely N-dealkylation sites (tertiary alicyclic amines) is 1. The molecule has 1 aliphatic rings. The molecule has 0 unspecified atom stereocenters. The van der Waals surface area contributed by atoms with Gasteiger partial charge in [0.05, 0.1) is 24.0 Å². The number of hydrogen-bond donors (Lipinski definition) is 1. The van der Waals surface area contributed by atoms with Crippen molar-refractivity contribution in [1.29, 1.82) is 0 Å². The predicted molar refractivity (Wildman–Crippen MR) is 114 cm³/mol. The van der Waals surface area contributed by atoms with Gasteiger partial charge in [0.2, 0.25) is 5.95 Å². The normalized spacial score (nSPS) is 16.0. The maximum atomic E-state index is 13.0. The number of alkyl halides is 1. The average molecular weight is 408 g/mol. The third kappa shape index (κ3) is 3.39. The van der Waals surface area contributed by atoms with Gasteiger partial charge in [-0.15, -0.1) is 5.10 Å². The van der Waals surface area contributed by atoms with E-state index >= 15 is 0 Å². The van der Waals surface area contributed by atoms with Gasteiger partial charge in [0.1, 0.15) is 18.0 Å². The molecule has 0 aromatic carbocycles. The smallest absolute Gasteiger partial charge is 0.241 e. The highest BCUT2D eigenvalue weighted by molar-refractivity contribution is 5.82. The molecule has 0 bridgehead atoms. The zero-order chi connectivity index (χ0) is 20.7. The zero-order valence-electron chi connectivity index (χ0n) is 17.2. The topological polar surface area (TPSA) is 76.2 Å². The van der Waals surface area contributed by atoms with Crippen LogP contribution in [-0.4, -0.2) is 66.9 Å². The van der Waals surface area contributed by atoms with Crippen molar-refractivity contribution in [3.8, 4) is 11.3 Å². The third-order valence-corrected chi connectivity index (χ3v) is 5.84. The third-order valence-electron chi connectivity index (χ3n) is 5.84. The lowest BCUT2D eigenvalue weighted by molar-refractivity contribution is 0.263. The lowest BCUT2D eigenvalue weighted by atomic mass is 10.1. The average Bonchev–Trinajstić information content (AvgIpc) is 3.30. The van der Waals surface area contributed by atoms with Gasteiger partial charge in [-0.05, 0) is 58.1 Å². The van der Waals surface area contributed by atoms with Gasteiger partial charge in [-0.1, -0.05) is 0 Å². The second-order valence-corrected chi connectivity index (χ2v) is 7.90. The molecule has 4 aromatic heterocycles. The molecule has 0 amide bonds. The molecule has 5 rings (SSSR count).